The molecule has 1 unspecified atom stereocenters. The van der Waals surface area contributed by atoms with Crippen LogP contribution in [0.5, 0.6) is 11.5 Å². The van der Waals surface area contributed by atoms with Crippen molar-refractivity contribution < 1.29 is 19.2 Å². The molecule has 0 bridgehead atoms. The smallest absolute Gasteiger partial charge is 0.311 e. The van der Waals surface area contributed by atoms with E-state index in [-0.39, 0.29) is 29.0 Å². The van der Waals surface area contributed by atoms with Gasteiger partial charge in [0.05, 0.1) is 23.8 Å². The summed E-state index contributed by atoms with van der Waals surface area (Å²) in [5.41, 5.74) is 0.670. The number of nitrogens with zero attached hydrogens (tertiary/aromatic N) is 2. The van der Waals surface area contributed by atoms with Gasteiger partial charge in [0.15, 0.2) is 5.75 Å². The molecule has 7 nitrogen and oxygen atoms in total. The van der Waals surface area contributed by atoms with Gasteiger partial charge in [-0.2, -0.15) is 0 Å². The number of anilines is 1. The molecule has 25 heavy (non-hydrogen) atoms. The van der Waals surface area contributed by atoms with Gasteiger partial charge in [-0.3, -0.25) is 14.9 Å². The van der Waals surface area contributed by atoms with E-state index in [1.54, 1.807) is 30.0 Å². The Morgan fingerprint density at radius 3 is 2.84 bits per heavy atom. The summed E-state index contributed by atoms with van der Waals surface area (Å²) in [6, 6.07) is 11.5. The summed E-state index contributed by atoms with van der Waals surface area (Å²) in [5.74, 6) is 0.462. The molecule has 0 aromatic heterocycles. The molecule has 0 saturated carbocycles. The van der Waals surface area contributed by atoms with Crippen LogP contribution in [0.25, 0.3) is 0 Å². The lowest BCUT2D eigenvalue weighted by atomic mass is 10.1. The number of nitro benzene ring substituents is 1. The molecule has 2 aromatic carbocycles. The number of rotatable bonds is 4. The van der Waals surface area contributed by atoms with E-state index in [4.69, 9.17) is 9.47 Å². The summed E-state index contributed by atoms with van der Waals surface area (Å²) in [6.07, 6.45) is -0.170. The van der Waals surface area contributed by atoms with Gasteiger partial charge in [0.2, 0.25) is 0 Å². The first-order valence-electron chi connectivity index (χ1n) is 8.00. The second kappa shape index (κ2) is 6.80. The van der Waals surface area contributed by atoms with Gasteiger partial charge in [-0.25, -0.2) is 0 Å². The summed E-state index contributed by atoms with van der Waals surface area (Å²) in [4.78, 5) is 25.3. The van der Waals surface area contributed by atoms with Crippen molar-refractivity contribution in [1.82, 2.24) is 0 Å². The normalized spacial score (nSPS) is 15.9. The summed E-state index contributed by atoms with van der Waals surface area (Å²) >= 11 is 0. The molecule has 7 heteroatoms. The number of para-hydroxylation sites is 2. The minimum Gasteiger partial charge on any atom is -0.487 e. The molecule has 1 atom stereocenters. The number of hydrogen-bond acceptors (Lipinski definition) is 5. The van der Waals surface area contributed by atoms with Gasteiger partial charge >= 0.3 is 5.69 Å². The van der Waals surface area contributed by atoms with Gasteiger partial charge in [0.1, 0.15) is 11.9 Å². The molecule has 0 radical (unpaired) electrons. The zero-order chi connectivity index (χ0) is 18.0. The summed E-state index contributed by atoms with van der Waals surface area (Å²) < 4.78 is 11.0. The van der Waals surface area contributed by atoms with Gasteiger partial charge in [-0.15, -0.1) is 0 Å². The van der Waals surface area contributed by atoms with Crippen molar-refractivity contribution in [3.63, 3.8) is 0 Å². The van der Waals surface area contributed by atoms with Crippen LogP contribution in [0.4, 0.5) is 11.4 Å². The van der Waals surface area contributed by atoms with Crippen LogP contribution >= 0.6 is 0 Å². The Labute approximate surface area is 144 Å². The average Bonchev–Trinajstić information content (AvgIpc) is 2.60. The largest absolute Gasteiger partial charge is 0.487 e. The maximum atomic E-state index is 13.0. The van der Waals surface area contributed by atoms with Crippen LogP contribution in [-0.2, 0) is 0 Å². The van der Waals surface area contributed by atoms with Crippen molar-refractivity contribution in [2.45, 2.75) is 20.0 Å². The summed E-state index contributed by atoms with van der Waals surface area (Å²) in [6.45, 7) is 4.30. The highest BCUT2D eigenvalue weighted by Gasteiger charge is 2.29. The maximum absolute atomic E-state index is 13.0. The van der Waals surface area contributed by atoms with E-state index < -0.39 is 4.92 Å². The lowest BCUT2D eigenvalue weighted by Gasteiger charge is -2.33. The van der Waals surface area contributed by atoms with Gasteiger partial charge in [0.25, 0.3) is 5.91 Å². The van der Waals surface area contributed by atoms with Crippen LogP contribution in [0.3, 0.4) is 0 Å². The third kappa shape index (κ3) is 3.26. The number of carbonyl (C=O) groups is 1. The highest BCUT2D eigenvalue weighted by atomic mass is 16.6. The number of fused-ring (bicyclic) bond motifs is 1. The molecule has 0 fully saturated rings. The maximum Gasteiger partial charge on any atom is 0.311 e. The second-order valence-corrected chi connectivity index (χ2v) is 5.68. The first kappa shape index (κ1) is 16.8. The van der Waals surface area contributed by atoms with Gasteiger partial charge in [-0.1, -0.05) is 12.1 Å². The highest BCUT2D eigenvalue weighted by molar-refractivity contribution is 6.07. The standard InChI is InChI=1S/C18H18N2O5/c1-3-24-16-9-8-13(10-15(16)20(22)23)18(21)19-11-12(2)25-17-7-5-4-6-14(17)19/h4-10,12H,3,11H2,1-2H3. The molecule has 3 rings (SSSR count). The Morgan fingerprint density at radius 2 is 2.12 bits per heavy atom. The first-order valence-corrected chi connectivity index (χ1v) is 8.00. The predicted molar refractivity (Wildman–Crippen MR) is 92.5 cm³/mol. The van der Waals surface area contributed by atoms with E-state index in [0.29, 0.717) is 24.6 Å². The van der Waals surface area contributed by atoms with Crippen molar-refractivity contribution in [2.24, 2.45) is 0 Å². The van der Waals surface area contributed by atoms with Crippen LogP contribution < -0.4 is 14.4 Å². The molecule has 0 N–H and O–H groups in total. The van der Waals surface area contributed by atoms with Gasteiger partial charge < -0.3 is 14.4 Å². The molecule has 1 aliphatic heterocycles. The Morgan fingerprint density at radius 1 is 1.36 bits per heavy atom. The molecular weight excluding hydrogens is 324 g/mol. The molecule has 0 spiro atoms. The fourth-order valence-electron chi connectivity index (χ4n) is 2.81. The minimum atomic E-state index is -0.544. The Bertz CT molecular complexity index is 821. The molecular formula is C18H18N2O5. The van der Waals surface area contributed by atoms with Crippen molar-refractivity contribution in [2.75, 3.05) is 18.1 Å². The lowest BCUT2D eigenvalue weighted by Crippen LogP contribution is -2.42. The van der Waals surface area contributed by atoms with E-state index in [1.165, 1.54) is 12.1 Å². The Balaban J connectivity index is 1.99. The van der Waals surface area contributed by atoms with E-state index in [0.717, 1.165) is 0 Å². The second-order valence-electron chi connectivity index (χ2n) is 5.68. The minimum absolute atomic E-state index is 0.153. The lowest BCUT2D eigenvalue weighted by molar-refractivity contribution is -0.385. The van der Waals surface area contributed by atoms with Crippen molar-refractivity contribution >= 4 is 17.3 Å². The number of amides is 1. The molecule has 130 valence electrons. The van der Waals surface area contributed by atoms with Crippen molar-refractivity contribution in [3.05, 3.63) is 58.1 Å². The molecule has 0 saturated heterocycles. The summed E-state index contributed by atoms with van der Waals surface area (Å²) in [5, 5.41) is 11.3. The van der Waals surface area contributed by atoms with E-state index in [1.807, 2.05) is 19.1 Å². The highest BCUT2D eigenvalue weighted by Crippen LogP contribution is 2.35. The fourth-order valence-corrected chi connectivity index (χ4v) is 2.81. The van der Waals surface area contributed by atoms with Crippen LogP contribution in [0.1, 0.15) is 24.2 Å². The third-order valence-corrected chi connectivity index (χ3v) is 3.87. The van der Waals surface area contributed by atoms with E-state index in [9.17, 15) is 14.9 Å². The summed E-state index contributed by atoms with van der Waals surface area (Å²) in [7, 11) is 0. The Hall–Kier alpha value is -3.09. The number of benzene rings is 2. The number of hydrogen-bond donors (Lipinski definition) is 0. The van der Waals surface area contributed by atoms with Crippen molar-refractivity contribution in [1.29, 1.82) is 0 Å². The molecule has 2 aromatic rings. The van der Waals surface area contributed by atoms with Gasteiger partial charge in [-0.05, 0) is 38.1 Å². The predicted octanol–water partition coefficient (Wildman–Crippen LogP) is 3.42. The monoisotopic (exact) mass is 342 g/mol. The SMILES string of the molecule is CCOc1ccc(C(=O)N2CC(C)Oc3ccccc32)cc1[N+](=O)[O-]. The van der Waals surface area contributed by atoms with E-state index >= 15 is 0 Å². The number of carbonyl (C=O) groups excluding carboxylic acids is 1. The van der Waals surface area contributed by atoms with Crippen LogP contribution in [0.15, 0.2) is 42.5 Å². The molecule has 0 aliphatic carbocycles. The van der Waals surface area contributed by atoms with Crippen LogP contribution in [0.2, 0.25) is 0 Å². The zero-order valence-electron chi connectivity index (χ0n) is 14.0. The number of ether oxygens (including phenoxy) is 2. The molecule has 1 heterocycles. The zero-order valence-corrected chi connectivity index (χ0v) is 14.0. The first-order chi connectivity index (χ1) is 12.0. The number of nitro groups is 1. The fraction of sp³-hybridized carbons (Fsp3) is 0.278. The van der Waals surface area contributed by atoms with Crippen LogP contribution in [-0.4, -0.2) is 30.1 Å². The van der Waals surface area contributed by atoms with Crippen LogP contribution in [0, 0.1) is 10.1 Å². The van der Waals surface area contributed by atoms with Crippen molar-refractivity contribution in [3.8, 4) is 11.5 Å². The molecule has 1 amide bonds. The topological polar surface area (TPSA) is 81.9 Å². The Kier molecular flexibility index (Phi) is 4.56. The van der Waals surface area contributed by atoms with E-state index in [2.05, 4.69) is 0 Å². The quantitative estimate of drug-likeness (QED) is 0.628. The van der Waals surface area contributed by atoms with Gasteiger partial charge in [0, 0.05) is 11.6 Å². The average molecular weight is 342 g/mol. The molecule has 1 aliphatic rings. The third-order valence-electron chi connectivity index (χ3n) is 3.87.